The minimum absolute atomic E-state index is 0.0398. The van der Waals surface area contributed by atoms with Gasteiger partial charge in [-0.05, 0) is 42.7 Å². The number of carbonyl (C=O) groups excluding carboxylic acids is 4. The first-order valence-electron chi connectivity index (χ1n) is 10.6. The highest BCUT2D eigenvalue weighted by atomic mass is 16.5. The summed E-state index contributed by atoms with van der Waals surface area (Å²) in [6.07, 6.45) is 4.98. The summed E-state index contributed by atoms with van der Waals surface area (Å²) in [7, 11) is 0. The molecule has 32 heavy (non-hydrogen) atoms. The highest BCUT2D eigenvalue weighted by molar-refractivity contribution is 6.05. The van der Waals surface area contributed by atoms with Crippen LogP contribution in [0.2, 0.25) is 0 Å². The van der Waals surface area contributed by atoms with Crippen molar-refractivity contribution in [3.8, 4) is 0 Å². The normalized spacial score (nSPS) is 19.6. The SMILES string of the molecule is O=C(CCN1C(=O)[C@H]2CC=CC[C@@H]2C1=O)OCc1ccc(C(=O)Nc2ccccc2)cc1. The molecule has 2 aliphatic rings. The number of esters is 1. The lowest BCUT2D eigenvalue weighted by Gasteiger charge is -2.14. The summed E-state index contributed by atoms with van der Waals surface area (Å²) in [5.41, 5.74) is 1.94. The van der Waals surface area contributed by atoms with Gasteiger partial charge in [0.2, 0.25) is 11.8 Å². The second-order valence-electron chi connectivity index (χ2n) is 7.91. The van der Waals surface area contributed by atoms with E-state index in [9.17, 15) is 19.2 Å². The third-order valence-corrected chi connectivity index (χ3v) is 5.79. The number of amides is 3. The molecule has 7 heteroatoms. The van der Waals surface area contributed by atoms with Crippen molar-refractivity contribution in [1.82, 2.24) is 4.90 Å². The summed E-state index contributed by atoms with van der Waals surface area (Å²) in [4.78, 5) is 50.5. The summed E-state index contributed by atoms with van der Waals surface area (Å²) in [5, 5.41) is 2.81. The molecule has 1 saturated heterocycles. The van der Waals surface area contributed by atoms with E-state index in [4.69, 9.17) is 4.74 Å². The number of hydrogen-bond donors (Lipinski definition) is 1. The Morgan fingerprint density at radius 2 is 1.53 bits per heavy atom. The van der Waals surface area contributed by atoms with E-state index in [1.807, 2.05) is 30.4 Å². The highest BCUT2D eigenvalue weighted by Gasteiger charge is 2.46. The quantitative estimate of drug-likeness (QED) is 0.412. The number of para-hydroxylation sites is 1. The van der Waals surface area contributed by atoms with Crippen LogP contribution in [-0.4, -0.2) is 35.1 Å². The molecule has 1 heterocycles. The van der Waals surface area contributed by atoms with Crippen molar-refractivity contribution in [2.24, 2.45) is 11.8 Å². The molecule has 0 spiro atoms. The number of allylic oxidation sites excluding steroid dienone is 2. The number of anilines is 1. The molecule has 0 bridgehead atoms. The summed E-state index contributed by atoms with van der Waals surface area (Å²) in [6, 6.07) is 15.9. The molecule has 2 aromatic rings. The topological polar surface area (TPSA) is 92.8 Å². The Bertz CT molecular complexity index is 1020. The fourth-order valence-electron chi connectivity index (χ4n) is 4.01. The zero-order valence-corrected chi connectivity index (χ0v) is 17.5. The van der Waals surface area contributed by atoms with Gasteiger partial charge in [0.25, 0.3) is 5.91 Å². The summed E-state index contributed by atoms with van der Waals surface area (Å²) < 4.78 is 5.27. The van der Waals surface area contributed by atoms with Gasteiger partial charge in [-0.3, -0.25) is 24.1 Å². The first kappa shape index (κ1) is 21.5. The minimum atomic E-state index is -0.482. The Morgan fingerprint density at radius 1 is 0.906 bits per heavy atom. The van der Waals surface area contributed by atoms with Crippen LogP contribution in [0.25, 0.3) is 0 Å². The zero-order valence-electron chi connectivity index (χ0n) is 17.5. The monoisotopic (exact) mass is 432 g/mol. The molecule has 2 atom stereocenters. The van der Waals surface area contributed by atoms with Gasteiger partial charge >= 0.3 is 5.97 Å². The second-order valence-corrected chi connectivity index (χ2v) is 7.91. The van der Waals surface area contributed by atoms with Crippen LogP contribution in [0.4, 0.5) is 5.69 Å². The van der Waals surface area contributed by atoms with Crippen molar-refractivity contribution in [2.75, 3.05) is 11.9 Å². The Morgan fingerprint density at radius 3 is 2.16 bits per heavy atom. The Labute approximate surface area is 186 Å². The number of ether oxygens (including phenoxy) is 1. The number of rotatable bonds is 7. The number of likely N-dealkylation sites (tertiary alicyclic amines) is 1. The highest BCUT2D eigenvalue weighted by Crippen LogP contribution is 2.35. The van der Waals surface area contributed by atoms with Crippen molar-refractivity contribution in [1.29, 1.82) is 0 Å². The average Bonchev–Trinajstić information content (AvgIpc) is 3.07. The molecule has 2 aromatic carbocycles. The Kier molecular flexibility index (Phi) is 6.44. The molecule has 1 aliphatic heterocycles. The van der Waals surface area contributed by atoms with E-state index >= 15 is 0 Å². The van der Waals surface area contributed by atoms with Gasteiger partial charge in [-0.25, -0.2) is 0 Å². The van der Waals surface area contributed by atoms with E-state index < -0.39 is 5.97 Å². The van der Waals surface area contributed by atoms with Crippen molar-refractivity contribution < 1.29 is 23.9 Å². The number of hydrogen-bond acceptors (Lipinski definition) is 5. The summed E-state index contributed by atoms with van der Waals surface area (Å²) >= 11 is 0. The van der Waals surface area contributed by atoms with Crippen molar-refractivity contribution in [2.45, 2.75) is 25.9 Å². The summed E-state index contributed by atoms with van der Waals surface area (Å²) in [6.45, 7) is 0.0958. The van der Waals surface area contributed by atoms with E-state index in [-0.39, 0.29) is 49.1 Å². The van der Waals surface area contributed by atoms with E-state index in [1.165, 1.54) is 4.90 Å². The molecule has 164 valence electrons. The number of nitrogens with zero attached hydrogens (tertiary/aromatic N) is 1. The number of fused-ring (bicyclic) bond motifs is 1. The first-order valence-corrected chi connectivity index (χ1v) is 10.6. The molecule has 0 aromatic heterocycles. The number of imide groups is 1. The van der Waals surface area contributed by atoms with Gasteiger partial charge < -0.3 is 10.1 Å². The van der Waals surface area contributed by atoms with Crippen LogP contribution >= 0.6 is 0 Å². The van der Waals surface area contributed by atoms with Crippen LogP contribution in [0.3, 0.4) is 0 Å². The number of carbonyl (C=O) groups is 4. The largest absolute Gasteiger partial charge is 0.461 e. The lowest BCUT2D eigenvalue weighted by Crippen LogP contribution is -2.33. The molecule has 1 aliphatic carbocycles. The van der Waals surface area contributed by atoms with Crippen LogP contribution in [0, 0.1) is 11.8 Å². The fraction of sp³-hybridized carbons (Fsp3) is 0.280. The molecule has 4 rings (SSSR count). The fourth-order valence-corrected chi connectivity index (χ4v) is 4.01. The molecular weight excluding hydrogens is 408 g/mol. The van der Waals surface area contributed by atoms with Gasteiger partial charge in [-0.15, -0.1) is 0 Å². The first-order chi connectivity index (χ1) is 15.5. The molecule has 1 N–H and O–H groups in total. The maximum Gasteiger partial charge on any atom is 0.307 e. The van der Waals surface area contributed by atoms with Gasteiger partial charge in [-0.1, -0.05) is 42.5 Å². The lowest BCUT2D eigenvalue weighted by molar-refractivity contribution is -0.146. The maximum absolute atomic E-state index is 12.4. The van der Waals surface area contributed by atoms with Gasteiger partial charge in [0, 0.05) is 17.8 Å². The van der Waals surface area contributed by atoms with Crippen LogP contribution in [-0.2, 0) is 25.7 Å². The zero-order chi connectivity index (χ0) is 22.5. The van der Waals surface area contributed by atoms with E-state index in [0.29, 0.717) is 24.1 Å². The van der Waals surface area contributed by atoms with Gasteiger partial charge in [0.15, 0.2) is 0 Å². The van der Waals surface area contributed by atoms with Crippen LogP contribution in [0.5, 0.6) is 0 Å². The molecule has 3 amide bonds. The lowest BCUT2D eigenvalue weighted by atomic mass is 9.85. The minimum Gasteiger partial charge on any atom is -0.461 e. The molecule has 0 radical (unpaired) electrons. The molecule has 0 unspecified atom stereocenters. The van der Waals surface area contributed by atoms with E-state index in [1.54, 1.807) is 36.4 Å². The molecule has 7 nitrogen and oxygen atoms in total. The molecular formula is C25H24N2O5. The molecule has 0 saturated carbocycles. The summed E-state index contributed by atoms with van der Waals surface area (Å²) in [5.74, 6) is -1.68. The smallest absolute Gasteiger partial charge is 0.307 e. The van der Waals surface area contributed by atoms with Crippen LogP contribution < -0.4 is 5.32 Å². The third kappa shape index (κ3) is 4.77. The average molecular weight is 432 g/mol. The van der Waals surface area contributed by atoms with E-state index in [2.05, 4.69) is 5.32 Å². The predicted molar refractivity (Wildman–Crippen MR) is 117 cm³/mol. The predicted octanol–water partition coefficient (Wildman–Crippen LogP) is 3.32. The van der Waals surface area contributed by atoms with E-state index in [0.717, 1.165) is 5.56 Å². The van der Waals surface area contributed by atoms with Gasteiger partial charge in [0.05, 0.1) is 18.3 Å². The third-order valence-electron chi connectivity index (χ3n) is 5.79. The molecule has 1 fully saturated rings. The Balaban J connectivity index is 1.23. The van der Waals surface area contributed by atoms with Crippen molar-refractivity contribution in [3.63, 3.8) is 0 Å². The number of nitrogens with one attached hydrogen (secondary N) is 1. The Hall–Kier alpha value is -3.74. The second kappa shape index (κ2) is 9.60. The van der Waals surface area contributed by atoms with Gasteiger partial charge in [-0.2, -0.15) is 0 Å². The van der Waals surface area contributed by atoms with Crippen molar-refractivity contribution >= 4 is 29.4 Å². The van der Waals surface area contributed by atoms with Crippen molar-refractivity contribution in [3.05, 3.63) is 77.9 Å². The standard InChI is InChI=1S/C25H24N2O5/c28-22(14-15-27-24(30)20-8-4-5-9-21(20)25(27)31)32-16-17-10-12-18(13-11-17)23(29)26-19-6-2-1-3-7-19/h1-7,10-13,20-21H,8-9,14-16H2,(H,26,29)/t20-,21-/m0/s1. The number of benzene rings is 2. The van der Waals surface area contributed by atoms with Gasteiger partial charge in [0.1, 0.15) is 6.61 Å². The van der Waals surface area contributed by atoms with Crippen LogP contribution in [0.15, 0.2) is 66.7 Å². The van der Waals surface area contributed by atoms with Crippen LogP contribution in [0.1, 0.15) is 35.2 Å². The maximum atomic E-state index is 12.4.